The summed E-state index contributed by atoms with van der Waals surface area (Å²) in [6.07, 6.45) is 7.41. The van der Waals surface area contributed by atoms with Crippen molar-refractivity contribution in [3.8, 4) is 0 Å². The van der Waals surface area contributed by atoms with E-state index in [1.165, 1.54) is 45.3 Å². The van der Waals surface area contributed by atoms with Gasteiger partial charge < -0.3 is 15.5 Å². The van der Waals surface area contributed by atoms with Crippen LogP contribution in [-0.4, -0.2) is 62.6 Å². The van der Waals surface area contributed by atoms with Crippen LogP contribution < -0.4 is 10.6 Å². The summed E-state index contributed by atoms with van der Waals surface area (Å²) >= 11 is 1.85. The van der Waals surface area contributed by atoms with E-state index in [2.05, 4.69) is 33.7 Å². The van der Waals surface area contributed by atoms with Gasteiger partial charge in [0.05, 0.1) is 0 Å². The van der Waals surface area contributed by atoms with Crippen molar-refractivity contribution >= 4 is 41.7 Å². The number of halogens is 1. The number of likely N-dealkylation sites (tertiary alicyclic amines) is 1. The van der Waals surface area contributed by atoms with Gasteiger partial charge in [0.2, 0.25) is 0 Å². The van der Waals surface area contributed by atoms with Crippen molar-refractivity contribution in [1.82, 2.24) is 15.5 Å². The standard InChI is InChI=1S/C15H32N4S.HI/c1-14-7-6-11-19(13-14)10-5-4-8-17-15(16-2)18-9-12-20-3;/h14H,4-13H2,1-3H3,(H2,16,17,18);1H. The third-order valence-electron chi connectivity index (χ3n) is 3.76. The lowest BCUT2D eigenvalue weighted by Gasteiger charge is -2.30. The third-order valence-corrected chi connectivity index (χ3v) is 4.37. The molecule has 1 aliphatic rings. The van der Waals surface area contributed by atoms with Crippen LogP contribution in [0.1, 0.15) is 32.6 Å². The van der Waals surface area contributed by atoms with Gasteiger partial charge in [-0.2, -0.15) is 11.8 Å². The van der Waals surface area contributed by atoms with Crippen molar-refractivity contribution in [1.29, 1.82) is 0 Å². The zero-order chi connectivity index (χ0) is 14.6. The van der Waals surface area contributed by atoms with Gasteiger partial charge in [0.15, 0.2) is 5.96 Å². The van der Waals surface area contributed by atoms with E-state index in [0.717, 1.165) is 30.7 Å². The molecule has 2 N–H and O–H groups in total. The van der Waals surface area contributed by atoms with Gasteiger partial charge in [0.1, 0.15) is 0 Å². The van der Waals surface area contributed by atoms with Crippen molar-refractivity contribution in [3.63, 3.8) is 0 Å². The molecule has 0 aliphatic carbocycles. The summed E-state index contributed by atoms with van der Waals surface area (Å²) in [5.41, 5.74) is 0. The first-order valence-electron chi connectivity index (χ1n) is 7.92. The second-order valence-electron chi connectivity index (χ2n) is 5.67. The molecule has 6 heteroatoms. The van der Waals surface area contributed by atoms with E-state index in [4.69, 9.17) is 0 Å². The molecule has 21 heavy (non-hydrogen) atoms. The average molecular weight is 428 g/mol. The number of nitrogens with one attached hydrogen (secondary N) is 2. The second-order valence-corrected chi connectivity index (χ2v) is 6.66. The zero-order valence-electron chi connectivity index (χ0n) is 13.9. The van der Waals surface area contributed by atoms with Crippen LogP contribution in [0.3, 0.4) is 0 Å². The normalized spacial score (nSPS) is 20.0. The first kappa shape index (κ1) is 21.3. The van der Waals surface area contributed by atoms with Gasteiger partial charge in [0.25, 0.3) is 0 Å². The number of thioether (sulfide) groups is 1. The van der Waals surface area contributed by atoms with E-state index in [1.807, 2.05) is 18.8 Å². The summed E-state index contributed by atoms with van der Waals surface area (Å²) in [6, 6.07) is 0. The van der Waals surface area contributed by atoms with Gasteiger partial charge in [-0.1, -0.05) is 6.92 Å². The minimum atomic E-state index is 0. The quantitative estimate of drug-likeness (QED) is 0.270. The van der Waals surface area contributed by atoms with Crippen LogP contribution in [0.15, 0.2) is 4.99 Å². The van der Waals surface area contributed by atoms with Crippen LogP contribution in [0, 0.1) is 5.92 Å². The molecule has 0 spiro atoms. The van der Waals surface area contributed by atoms with Crippen LogP contribution in [0.2, 0.25) is 0 Å². The molecule has 0 amide bonds. The Morgan fingerprint density at radius 2 is 2.05 bits per heavy atom. The molecular weight excluding hydrogens is 395 g/mol. The predicted octanol–water partition coefficient (Wildman–Crippen LogP) is 2.64. The molecule has 1 heterocycles. The maximum absolute atomic E-state index is 4.23. The van der Waals surface area contributed by atoms with Crippen LogP contribution in [-0.2, 0) is 0 Å². The van der Waals surface area contributed by atoms with Crippen molar-refractivity contribution < 1.29 is 0 Å². The predicted molar refractivity (Wildman–Crippen MR) is 107 cm³/mol. The largest absolute Gasteiger partial charge is 0.356 e. The molecule has 1 fully saturated rings. The summed E-state index contributed by atoms with van der Waals surface area (Å²) in [4.78, 5) is 6.86. The highest BCUT2D eigenvalue weighted by Gasteiger charge is 2.15. The van der Waals surface area contributed by atoms with E-state index in [0.29, 0.717) is 0 Å². The van der Waals surface area contributed by atoms with Gasteiger partial charge in [0, 0.05) is 32.4 Å². The molecule has 0 aromatic heterocycles. The van der Waals surface area contributed by atoms with Crippen molar-refractivity contribution in [2.45, 2.75) is 32.6 Å². The van der Waals surface area contributed by atoms with Crippen LogP contribution in [0.4, 0.5) is 0 Å². The number of rotatable bonds is 8. The van der Waals surface area contributed by atoms with E-state index in [1.54, 1.807) is 0 Å². The van der Waals surface area contributed by atoms with Crippen LogP contribution in [0.5, 0.6) is 0 Å². The first-order chi connectivity index (χ1) is 9.76. The highest BCUT2D eigenvalue weighted by atomic mass is 127. The number of guanidine groups is 1. The van der Waals surface area contributed by atoms with E-state index < -0.39 is 0 Å². The zero-order valence-corrected chi connectivity index (χ0v) is 17.0. The lowest BCUT2D eigenvalue weighted by molar-refractivity contribution is 0.181. The Balaban J connectivity index is 0.00000400. The Labute approximate surface area is 152 Å². The van der Waals surface area contributed by atoms with Crippen molar-refractivity contribution in [3.05, 3.63) is 0 Å². The van der Waals surface area contributed by atoms with Crippen molar-refractivity contribution in [2.24, 2.45) is 10.9 Å². The Bertz CT molecular complexity index is 276. The van der Waals surface area contributed by atoms with E-state index in [-0.39, 0.29) is 24.0 Å². The highest BCUT2D eigenvalue weighted by molar-refractivity contribution is 14.0. The van der Waals surface area contributed by atoms with Gasteiger partial charge in [-0.05, 0) is 50.9 Å². The number of hydrogen-bond acceptors (Lipinski definition) is 3. The van der Waals surface area contributed by atoms with Gasteiger partial charge in [-0.15, -0.1) is 24.0 Å². The number of piperidine rings is 1. The molecule has 1 saturated heterocycles. The molecule has 1 rings (SSSR count). The van der Waals surface area contributed by atoms with Crippen LogP contribution >= 0.6 is 35.7 Å². The SMILES string of the molecule is CN=C(NCCCCN1CCCC(C)C1)NCCSC.I. The number of aliphatic imine (C=N–C) groups is 1. The average Bonchev–Trinajstić information content (AvgIpc) is 2.45. The summed E-state index contributed by atoms with van der Waals surface area (Å²) in [7, 11) is 1.84. The maximum atomic E-state index is 4.23. The number of hydrogen-bond donors (Lipinski definition) is 2. The fraction of sp³-hybridized carbons (Fsp3) is 0.933. The molecule has 1 aliphatic heterocycles. The Morgan fingerprint density at radius 1 is 1.29 bits per heavy atom. The first-order valence-corrected chi connectivity index (χ1v) is 9.31. The minimum absolute atomic E-state index is 0. The molecule has 126 valence electrons. The fourth-order valence-electron chi connectivity index (χ4n) is 2.65. The second kappa shape index (κ2) is 13.9. The van der Waals surface area contributed by atoms with Gasteiger partial charge >= 0.3 is 0 Å². The topological polar surface area (TPSA) is 39.7 Å². The fourth-order valence-corrected chi connectivity index (χ4v) is 2.96. The molecule has 0 saturated carbocycles. The molecule has 0 radical (unpaired) electrons. The van der Waals surface area contributed by atoms with Crippen LogP contribution in [0.25, 0.3) is 0 Å². The monoisotopic (exact) mass is 428 g/mol. The Morgan fingerprint density at radius 3 is 2.71 bits per heavy atom. The lowest BCUT2D eigenvalue weighted by Crippen LogP contribution is -2.39. The lowest BCUT2D eigenvalue weighted by atomic mass is 10.0. The molecule has 0 aromatic rings. The summed E-state index contributed by atoms with van der Waals surface area (Å²) in [5.74, 6) is 2.94. The molecule has 0 aromatic carbocycles. The van der Waals surface area contributed by atoms with Gasteiger partial charge in [-0.25, -0.2) is 0 Å². The molecule has 0 bridgehead atoms. The number of unbranched alkanes of at least 4 members (excludes halogenated alkanes) is 1. The summed E-state index contributed by atoms with van der Waals surface area (Å²) < 4.78 is 0. The smallest absolute Gasteiger partial charge is 0.191 e. The maximum Gasteiger partial charge on any atom is 0.191 e. The van der Waals surface area contributed by atoms with Gasteiger partial charge in [-0.3, -0.25) is 4.99 Å². The Hall–Kier alpha value is 0.310. The number of nitrogens with zero attached hydrogens (tertiary/aromatic N) is 2. The third kappa shape index (κ3) is 10.6. The molecule has 1 unspecified atom stereocenters. The Kier molecular flexibility index (Phi) is 14.1. The molecular formula is C15H33IN4S. The minimum Gasteiger partial charge on any atom is -0.356 e. The molecule has 4 nitrogen and oxygen atoms in total. The van der Waals surface area contributed by atoms with Crippen molar-refractivity contribution in [2.75, 3.05) is 51.8 Å². The summed E-state index contributed by atoms with van der Waals surface area (Å²) in [5, 5.41) is 6.71. The van der Waals surface area contributed by atoms with E-state index >= 15 is 0 Å². The van der Waals surface area contributed by atoms with E-state index in [9.17, 15) is 0 Å². The summed E-state index contributed by atoms with van der Waals surface area (Å²) in [6.45, 7) is 8.22. The highest BCUT2D eigenvalue weighted by Crippen LogP contribution is 2.15. The molecule has 1 atom stereocenters.